The molecule has 9 nitrogen and oxygen atoms in total. The summed E-state index contributed by atoms with van der Waals surface area (Å²) >= 11 is 0. The lowest BCUT2D eigenvalue weighted by Crippen LogP contribution is -2.46. The van der Waals surface area contributed by atoms with E-state index >= 15 is 0 Å². The van der Waals surface area contributed by atoms with Crippen LogP contribution >= 0.6 is 0 Å². The summed E-state index contributed by atoms with van der Waals surface area (Å²) in [6.07, 6.45) is 4.46. The van der Waals surface area contributed by atoms with Gasteiger partial charge in [0.15, 0.2) is 0 Å². The number of amides is 1. The molecule has 0 spiro atoms. The summed E-state index contributed by atoms with van der Waals surface area (Å²) in [7, 11) is -1.37. The minimum Gasteiger partial charge on any atom is -0.443 e. The number of hydrogen-bond acceptors (Lipinski definition) is 6. The van der Waals surface area contributed by atoms with Gasteiger partial charge in [-0.1, -0.05) is 26.0 Å². The van der Waals surface area contributed by atoms with Gasteiger partial charge in [-0.3, -0.25) is 14.3 Å². The summed E-state index contributed by atoms with van der Waals surface area (Å²) in [5, 5.41) is 0.829. The van der Waals surface area contributed by atoms with Crippen LogP contribution in [0.5, 0.6) is 0 Å². The Morgan fingerprint density at radius 2 is 1.70 bits per heavy atom. The Morgan fingerprint density at radius 1 is 1.08 bits per heavy atom. The maximum absolute atomic E-state index is 13.2. The van der Waals surface area contributed by atoms with Crippen LogP contribution in [0.15, 0.2) is 42.9 Å². The van der Waals surface area contributed by atoms with Crippen molar-refractivity contribution in [3.05, 3.63) is 54.0 Å². The third-order valence-corrected chi connectivity index (χ3v) is 7.76. The summed E-state index contributed by atoms with van der Waals surface area (Å²) in [5.74, 6) is -0.323. The van der Waals surface area contributed by atoms with Gasteiger partial charge in [-0.05, 0) is 68.5 Å². The van der Waals surface area contributed by atoms with Crippen LogP contribution in [0.4, 0.5) is 4.79 Å². The number of carbonyl (C=O) groups is 2. The highest BCUT2D eigenvalue weighted by Crippen LogP contribution is 2.33. The van der Waals surface area contributed by atoms with E-state index in [1.807, 2.05) is 45.0 Å². The van der Waals surface area contributed by atoms with Crippen molar-refractivity contribution in [1.29, 1.82) is 0 Å². The highest BCUT2D eigenvalue weighted by Gasteiger charge is 2.33. The molecule has 0 aliphatic rings. The Bertz CT molecular complexity index is 1400. The van der Waals surface area contributed by atoms with Gasteiger partial charge < -0.3 is 4.74 Å². The molecular formula is C27H36N4O5S. The van der Waals surface area contributed by atoms with E-state index in [4.69, 9.17) is 4.74 Å². The molecule has 0 fully saturated rings. The Morgan fingerprint density at radius 3 is 2.24 bits per heavy atom. The maximum Gasteiger partial charge on any atom is 0.425 e. The zero-order chi connectivity index (χ0) is 27.7. The molecule has 0 bridgehead atoms. The summed E-state index contributed by atoms with van der Waals surface area (Å²) in [5.41, 5.74) is 3.54. The second kappa shape index (κ2) is 10.6. The highest BCUT2D eigenvalue weighted by molar-refractivity contribution is 7.87. The Labute approximate surface area is 219 Å². The van der Waals surface area contributed by atoms with Gasteiger partial charge in [0.05, 0.1) is 5.52 Å². The van der Waals surface area contributed by atoms with Crippen molar-refractivity contribution in [2.75, 3.05) is 20.6 Å². The molecule has 0 aliphatic carbocycles. The molecule has 0 radical (unpaired) electrons. The smallest absolute Gasteiger partial charge is 0.425 e. The number of aryl methyl sites for hydroxylation is 1. The third kappa shape index (κ3) is 6.02. The minimum atomic E-state index is -4.10. The molecule has 2 aromatic heterocycles. The predicted octanol–water partition coefficient (Wildman–Crippen LogP) is 4.89. The molecule has 200 valence electrons. The number of nitrogens with zero attached hydrogens (tertiary/aromatic N) is 4. The summed E-state index contributed by atoms with van der Waals surface area (Å²) in [6, 6.07) is 7.76. The van der Waals surface area contributed by atoms with Gasteiger partial charge in [-0.2, -0.15) is 17.0 Å². The Kier molecular flexibility index (Phi) is 8.14. The zero-order valence-corrected chi connectivity index (χ0v) is 23.6. The van der Waals surface area contributed by atoms with Crippen molar-refractivity contribution in [3.63, 3.8) is 0 Å². The van der Waals surface area contributed by atoms with Gasteiger partial charge in [-0.25, -0.2) is 4.79 Å². The first-order chi connectivity index (χ1) is 17.1. The number of ether oxygens (including phenoxy) is 1. The fraction of sp³-hybridized carbons (Fsp3) is 0.444. The third-order valence-electron chi connectivity index (χ3n) is 5.95. The fourth-order valence-electron chi connectivity index (χ4n) is 4.09. The lowest BCUT2D eigenvalue weighted by molar-refractivity contribution is 0.0385. The SMILES string of the molecule is Cc1c(-c2ccncc2)ccc2c(CCN(C(=O)OC(C)(C)C)S(=O)(=O)N(C)C)cn(C(=O)C(C)C)c12. The maximum atomic E-state index is 13.2. The van der Waals surface area contributed by atoms with Gasteiger partial charge >= 0.3 is 16.3 Å². The van der Waals surface area contributed by atoms with Crippen LogP contribution < -0.4 is 0 Å². The molecule has 3 rings (SSSR count). The van der Waals surface area contributed by atoms with Gasteiger partial charge in [-0.15, -0.1) is 0 Å². The van der Waals surface area contributed by atoms with Crippen LogP contribution in [0, 0.1) is 12.8 Å². The van der Waals surface area contributed by atoms with Gasteiger partial charge in [0.1, 0.15) is 5.60 Å². The van der Waals surface area contributed by atoms with Crippen molar-refractivity contribution in [3.8, 4) is 11.1 Å². The fourth-order valence-corrected chi connectivity index (χ4v) is 5.03. The zero-order valence-electron chi connectivity index (χ0n) is 22.8. The van der Waals surface area contributed by atoms with Crippen molar-refractivity contribution in [1.82, 2.24) is 18.2 Å². The summed E-state index contributed by atoms with van der Waals surface area (Å²) in [6.45, 7) is 10.5. The van der Waals surface area contributed by atoms with E-state index in [1.165, 1.54) is 14.1 Å². The topological polar surface area (TPSA) is 102 Å². The van der Waals surface area contributed by atoms with E-state index in [0.29, 0.717) is 0 Å². The van der Waals surface area contributed by atoms with Crippen molar-refractivity contribution in [2.24, 2.45) is 5.92 Å². The standard InChI is InChI=1S/C27H36N4O5S/c1-18(2)25(32)30-17-21(13-16-31(37(34,35)29(7)8)26(33)36-27(4,5)6)23-10-9-22(19(3)24(23)30)20-11-14-28-15-12-20/h9-12,14-15,17-18H,13,16H2,1-8H3. The molecule has 0 unspecified atom stereocenters. The molecule has 3 aromatic rings. The Balaban J connectivity index is 2.10. The van der Waals surface area contributed by atoms with E-state index in [-0.39, 0.29) is 24.8 Å². The molecular weight excluding hydrogens is 492 g/mol. The van der Waals surface area contributed by atoms with Crippen LogP contribution in [-0.4, -0.2) is 64.8 Å². The first kappa shape index (κ1) is 28.3. The number of fused-ring (bicyclic) bond motifs is 1. The molecule has 1 aromatic carbocycles. The number of rotatable bonds is 7. The molecule has 0 saturated carbocycles. The number of carbonyl (C=O) groups excluding carboxylic acids is 2. The second-order valence-electron chi connectivity index (χ2n) is 10.5. The second-order valence-corrected chi connectivity index (χ2v) is 12.5. The van der Waals surface area contributed by atoms with Crippen molar-refractivity contribution < 1.29 is 22.7 Å². The number of hydrogen-bond donors (Lipinski definition) is 0. The summed E-state index contributed by atoms with van der Waals surface area (Å²) < 4.78 is 34.7. The molecule has 1 amide bonds. The monoisotopic (exact) mass is 528 g/mol. The van der Waals surface area contributed by atoms with Gasteiger partial charge in [0, 0.05) is 50.5 Å². The van der Waals surface area contributed by atoms with E-state index in [0.717, 1.165) is 41.8 Å². The highest BCUT2D eigenvalue weighted by atomic mass is 32.2. The van der Waals surface area contributed by atoms with Crippen LogP contribution in [0.25, 0.3) is 22.0 Å². The van der Waals surface area contributed by atoms with Crippen LogP contribution in [0.1, 0.15) is 50.5 Å². The first-order valence-corrected chi connectivity index (χ1v) is 13.6. The number of pyridine rings is 1. The molecule has 0 saturated heterocycles. The molecule has 37 heavy (non-hydrogen) atoms. The Hall–Kier alpha value is -3.24. The van der Waals surface area contributed by atoms with E-state index in [9.17, 15) is 18.0 Å². The van der Waals surface area contributed by atoms with Gasteiger partial charge in [0.25, 0.3) is 0 Å². The number of benzene rings is 1. The normalized spacial score (nSPS) is 12.4. The molecule has 0 N–H and O–H groups in total. The molecule has 0 atom stereocenters. The molecule has 2 heterocycles. The molecule has 0 aliphatic heterocycles. The predicted molar refractivity (Wildman–Crippen MR) is 145 cm³/mol. The van der Waals surface area contributed by atoms with E-state index in [1.54, 1.807) is 43.9 Å². The van der Waals surface area contributed by atoms with Crippen molar-refractivity contribution in [2.45, 2.75) is 53.6 Å². The average molecular weight is 529 g/mol. The number of aromatic nitrogens is 2. The minimum absolute atomic E-state index is 0.0730. The van der Waals surface area contributed by atoms with E-state index in [2.05, 4.69) is 4.98 Å². The first-order valence-electron chi connectivity index (χ1n) is 12.2. The van der Waals surface area contributed by atoms with Crippen LogP contribution in [0.2, 0.25) is 0 Å². The lowest BCUT2D eigenvalue weighted by atomic mass is 9.97. The quantitative estimate of drug-likeness (QED) is 0.433. The largest absolute Gasteiger partial charge is 0.443 e. The summed E-state index contributed by atoms with van der Waals surface area (Å²) in [4.78, 5) is 30.2. The molecule has 10 heteroatoms. The van der Waals surface area contributed by atoms with Crippen LogP contribution in [-0.2, 0) is 21.4 Å². The van der Waals surface area contributed by atoms with E-state index < -0.39 is 21.9 Å². The van der Waals surface area contributed by atoms with Crippen molar-refractivity contribution >= 4 is 33.1 Å². The average Bonchev–Trinajstić information content (AvgIpc) is 3.17. The van der Waals surface area contributed by atoms with Crippen LogP contribution in [0.3, 0.4) is 0 Å². The lowest BCUT2D eigenvalue weighted by Gasteiger charge is -2.28. The van der Waals surface area contributed by atoms with Gasteiger partial charge in [0.2, 0.25) is 5.91 Å².